The van der Waals surface area contributed by atoms with Crippen molar-refractivity contribution >= 4 is 11.6 Å². The minimum Gasteiger partial charge on any atom is -0.370 e. The molecule has 5 heteroatoms. The van der Waals surface area contributed by atoms with Crippen LogP contribution in [0.1, 0.15) is 30.3 Å². The SMILES string of the molecule is CCNC1CCCN(c2ccnc(C(=O)NC)c2)C1. The van der Waals surface area contributed by atoms with Gasteiger partial charge in [-0.15, -0.1) is 0 Å². The Morgan fingerprint density at radius 1 is 1.58 bits per heavy atom. The number of likely N-dealkylation sites (N-methyl/N-ethyl adjacent to an activating group) is 1. The molecule has 1 aromatic rings. The van der Waals surface area contributed by atoms with Gasteiger partial charge in [-0.1, -0.05) is 6.92 Å². The summed E-state index contributed by atoms with van der Waals surface area (Å²) in [6, 6.07) is 4.38. The standard InChI is InChI=1S/C14H22N4O/c1-3-16-11-5-4-8-18(10-11)12-6-7-17-13(9-12)14(19)15-2/h6-7,9,11,16H,3-5,8,10H2,1-2H3,(H,15,19). The number of aromatic nitrogens is 1. The fourth-order valence-corrected chi connectivity index (χ4v) is 2.54. The molecule has 2 rings (SSSR count). The molecular weight excluding hydrogens is 240 g/mol. The van der Waals surface area contributed by atoms with Crippen LogP contribution < -0.4 is 15.5 Å². The number of carbonyl (C=O) groups is 1. The first kappa shape index (κ1) is 13.8. The van der Waals surface area contributed by atoms with Crippen molar-refractivity contribution in [1.29, 1.82) is 0 Å². The summed E-state index contributed by atoms with van der Waals surface area (Å²) in [5, 5.41) is 6.10. The van der Waals surface area contributed by atoms with Crippen LogP contribution in [0.25, 0.3) is 0 Å². The summed E-state index contributed by atoms with van der Waals surface area (Å²) < 4.78 is 0. The summed E-state index contributed by atoms with van der Waals surface area (Å²) >= 11 is 0. The number of nitrogens with one attached hydrogen (secondary N) is 2. The number of piperidine rings is 1. The van der Waals surface area contributed by atoms with Crippen LogP contribution in [0.4, 0.5) is 5.69 Å². The fourth-order valence-electron chi connectivity index (χ4n) is 2.54. The maximum atomic E-state index is 11.6. The highest BCUT2D eigenvalue weighted by Crippen LogP contribution is 2.20. The van der Waals surface area contributed by atoms with Gasteiger partial charge in [-0.05, 0) is 31.5 Å². The number of hydrogen-bond donors (Lipinski definition) is 2. The van der Waals surface area contributed by atoms with E-state index in [1.165, 1.54) is 12.8 Å². The van der Waals surface area contributed by atoms with E-state index >= 15 is 0 Å². The third-order valence-electron chi connectivity index (χ3n) is 3.48. The molecule has 0 aromatic carbocycles. The quantitative estimate of drug-likeness (QED) is 0.850. The highest BCUT2D eigenvalue weighted by atomic mass is 16.1. The van der Waals surface area contributed by atoms with Crippen molar-refractivity contribution in [2.45, 2.75) is 25.8 Å². The molecule has 0 bridgehead atoms. The first-order valence-corrected chi connectivity index (χ1v) is 6.91. The smallest absolute Gasteiger partial charge is 0.269 e. The predicted molar refractivity (Wildman–Crippen MR) is 76.5 cm³/mol. The predicted octanol–water partition coefficient (Wildman–Crippen LogP) is 1.02. The van der Waals surface area contributed by atoms with E-state index in [9.17, 15) is 4.79 Å². The van der Waals surface area contributed by atoms with Crippen molar-refractivity contribution in [2.75, 3.05) is 31.6 Å². The number of anilines is 1. The summed E-state index contributed by atoms with van der Waals surface area (Å²) in [6.07, 6.45) is 4.10. The average molecular weight is 262 g/mol. The van der Waals surface area contributed by atoms with Crippen LogP contribution in [0.15, 0.2) is 18.3 Å². The van der Waals surface area contributed by atoms with E-state index < -0.39 is 0 Å². The van der Waals surface area contributed by atoms with Crippen LogP contribution in [0.2, 0.25) is 0 Å². The summed E-state index contributed by atoms with van der Waals surface area (Å²) in [4.78, 5) is 18.0. The molecule has 1 unspecified atom stereocenters. The molecule has 1 atom stereocenters. The number of amides is 1. The van der Waals surface area contributed by atoms with Gasteiger partial charge in [-0.3, -0.25) is 9.78 Å². The third kappa shape index (κ3) is 3.44. The van der Waals surface area contributed by atoms with Gasteiger partial charge in [0, 0.05) is 38.1 Å². The van der Waals surface area contributed by atoms with Gasteiger partial charge in [-0.2, -0.15) is 0 Å². The Bertz CT molecular complexity index is 433. The summed E-state index contributed by atoms with van der Waals surface area (Å²) in [5.41, 5.74) is 1.56. The summed E-state index contributed by atoms with van der Waals surface area (Å²) in [7, 11) is 1.62. The van der Waals surface area contributed by atoms with Crippen molar-refractivity contribution in [3.8, 4) is 0 Å². The zero-order valence-electron chi connectivity index (χ0n) is 11.6. The lowest BCUT2D eigenvalue weighted by Crippen LogP contribution is -2.45. The monoisotopic (exact) mass is 262 g/mol. The molecule has 1 saturated heterocycles. The van der Waals surface area contributed by atoms with Crippen LogP contribution in [-0.2, 0) is 0 Å². The van der Waals surface area contributed by atoms with E-state index in [0.717, 1.165) is 25.3 Å². The lowest BCUT2D eigenvalue weighted by molar-refractivity contribution is 0.0958. The fraction of sp³-hybridized carbons (Fsp3) is 0.571. The van der Waals surface area contributed by atoms with Crippen LogP contribution in [0.5, 0.6) is 0 Å². The Balaban J connectivity index is 2.10. The molecule has 0 radical (unpaired) electrons. The number of nitrogens with zero attached hydrogens (tertiary/aromatic N) is 2. The van der Waals surface area contributed by atoms with Crippen LogP contribution in [0.3, 0.4) is 0 Å². The molecule has 104 valence electrons. The maximum absolute atomic E-state index is 11.6. The lowest BCUT2D eigenvalue weighted by Gasteiger charge is -2.34. The van der Waals surface area contributed by atoms with Gasteiger partial charge < -0.3 is 15.5 Å². The minimum absolute atomic E-state index is 0.137. The van der Waals surface area contributed by atoms with Crippen molar-refractivity contribution in [3.05, 3.63) is 24.0 Å². The van der Waals surface area contributed by atoms with Crippen molar-refractivity contribution < 1.29 is 4.79 Å². The van der Waals surface area contributed by atoms with Gasteiger partial charge in [0.15, 0.2) is 0 Å². The van der Waals surface area contributed by atoms with Gasteiger partial charge >= 0.3 is 0 Å². The Labute approximate surface area is 114 Å². The second kappa shape index (κ2) is 6.52. The Morgan fingerprint density at radius 3 is 3.16 bits per heavy atom. The summed E-state index contributed by atoms with van der Waals surface area (Å²) in [5.74, 6) is -0.137. The Kier molecular flexibility index (Phi) is 4.74. The Morgan fingerprint density at radius 2 is 2.42 bits per heavy atom. The van der Waals surface area contributed by atoms with E-state index in [4.69, 9.17) is 0 Å². The average Bonchev–Trinajstić information content (AvgIpc) is 2.47. The number of rotatable bonds is 4. The van der Waals surface area contributed by atoms with Crippen LogP contribution in [0, 0.1) is 0 Å². The van der Waals surface area contributed by atoms with Gasteiger partial charge in [-0.25, -0.2) is 0 Å². The molecule has 5 nitrogen and oxygen atoms in total. The zero-order chi connectivity index (χ0) is 13.7. The third-order valence-corrected chi connectivity index (χ3v) is 3.48. The number of carbonyl (C=O) groups excluding carboxylic acids is 1. The zero-order valence-corrected chi connectivity index (χ0v) is 11.6. The van der Waals surface area contributed by atoms with Crippen LogP contribution in [-0.4, -0.2) is 43.6 Å². The second-order valence-corrected chi connectivity index (χ2v) is 4.82. The topological polar surface area (TPSA) is 57.3 Å². The molecule has 2 heterocycles. The van der Waals surface area contributed by atoms with E-state index in [1.54, 1.807) is 13.2 Å². The van der Waals surface area contributed by atoms with E-state index in [0.29, 0.717) is 11.7 Å². The van der Waals surface area contributed by atoms with E-state index in [1.807, 2.05) is 12.1 Å². The molecule has 1 fully saturated rings. The molecule has 1 aromatic heterocycles. The minimum atomic E-state index is -0.137. The van der Waals surface area contributed by atoms with Crippen molar-refractivity contribution in [1.82, 2.24) is 15.6 Å². The summed E-state index contributed by atoms with van der Waals surface area (Å²) in [6.45, 7) is 5.16. The van der Waals surface area contributed by atoms with E-state index in [-0.39, 0.29) is 5.91 Å². The maximum Gasteiger partial charge on any atom is 0.269 e. The molecular formula is C14H22N4O. The molecule has 1 aliphatic rings. The highest BCUT2D eigenvalue weighted by Gasteiger charge is 2.20. The molecule has 1 amide bonds. The highest BCUT2D eigenvalue weighted by molar-refractivity contribution is 5.92. The van der Waals surface area contributed by atoms with Crippen LogP contribution >= 0.6 is 0 Å². The number of hydrogen-bond acceptors (Lipinski definition) is 4. The molecule has 0 spiro atoms. The van der Waals surface area contributed by atoms with Crippen molar-refractivity contribution in [2.24, 2.45) is 0 Å². The van der Waals surface area contributed by atoms with Gasteiger partial charge in [0.1, 0.15) is 5.69 Å². The first-order valence-electron chi connectivity index (χ1n) is 6.91. The molecule has 1 aliphatic heterocycles. The van der Waals surface area contributed by atoms with Gasteiger partial charge in [0.2, 0.25) is 0 Å². The largest absolute Gasteiger partial charge is 0.370 e. The normalized spacial score (nSPS) is 19.3. The molecule has 0 aliphatic carbocycles. The van der Waals surface area contributed by atoms with Crippen molar-refractivity contribution in [3.63, 3.8) is 0 Å². The van der Waals surface area contributed by atoms with Gasteiger partial charge in [0.25, 0.3) is 5.91 Å². The second-order valence-electron chi connectivity index (χ2n) is 4.82. The lowest BCUT2D eigenvalue weighted by atomic mass is 10.0. The Hall–Kier alpha value is -1.62. The first-order chi connectivity index (χ1) is 9.24. The van der Waals surface area contributed by atoms with Gasteiger partial charge in [0.05, 0.1) is 0 Å². The van der Waals surface area contributed by atoms with E-state index in [2.05, 4.69) is 27.4 Å². The molecule has 19 heavy (non-hydrogen) atoms. The number of pyridine rings is 1. The molecule has 0 saturated carbocycles. The molecule has 2 N–H and O–H groups in total.